The van der Waals surface area contributed by atoms with E-state index in [-0.39, 0.29) is 22.6 Å². The standard InChI is InChI=1S/C26H34ClN3O2/c1-25-11-9-19-17(15-20(27)24-26(19,2)12-10-23(32)30(24)3)18(25)8-7-16(25)14-22(31)29-21-6-4-5-13-28-21/h4-6,13,16-19H,7-12,14-15H2,1-3H3,(H,28,29,31)/t16-,17+,18+,19+,25-,26-/m1/s1. The number of aromatic nitrogens is 1. The highest BCUT2D eigenvalue weighted by Crippen LogP contribution is 2.67. The normalized spacial score (nSPS) is 38.8. The number of pyridine rings is 1. The Hall–Kier alpha value is -1.88. The number of nitrogens with one attached hydrogen (secondary N) is 1. The van der Waals surface area contributed by atoms with Crippen molar-refractivity contribution in [2.75, 3.05) is 12.4 Å². The Morgan fingerprint density at radius 2 is 2.03 bits per heavy atom. The summed E-state index contributed by atoms with van der Waals surface area (Å²) in [7, 11) is 1.90. The third-order valence-corrected chi connectivity index (χ3v) is 9.93. The van der Waals surface area contributed by atoms with Crippen LogP contribution < -0.4 is 5.32 Å². The van der Waals surface area contributed by atoms with Gasteiger partial charge in [-0.15, -0.1) is 0 Å². The van der Waals surface area contributed by atoms with E-state index in [1.54, 1.807) is 6.20 Å². The van der Waals surface area contributed by atoms with Crippen molar-refractivity contribution in [1.29, 1.82) is 0 Å². The van der Waals surface area contributed by atoms with Crippen LogP contribution in [0.15, 0.2) is 35.1 Å². The third kappa shape index (κ3) is 3.30. The molecule has 32 heavy (non-hydrogen) atoms. The number of amides is 2. The number of hydrogen-bond donors (Lipinski definition) is 1. The van der Waals surface area contributed by atoms with Crippen molar-refractivity contribution in [2.45, 2.75) is 65.2 Å². The van der Waals surface area contributed by atoms with E-state index in [1.165, 1.54) is 6.42 Å². The molecule has 1 N–H and O–H groups in total. The monoisotopic (exact) mass is 455 g/mol. The van der Waals surface area contributed by atoms with Crippen molar-refractivity contribution < 1.29 is 9.59 Å². The van der Waals surface area contributed by atoms with Gasteiger partial charge in [0.2, 0.25) is 11.8 Å². The lowest BCUT2D eigenvalue weighted by atomic mass is 9.49. The van der Waals surface area contributed by atoms with Gasteiger partial charge < -0.3 is 10.2 Å². The number of likely N-dealkylation sites (tertiary alicyclic amines) is 1. The Balaban J connectivity index is 1.36. The second-order valence-corrected chi connectivity index (χ2v) is 11.4. The second kappa shape index (κ2) is 7.86. The molecule has 3 aliphatic carbocycles. The van der Waals surface area contributed by atoms with Gasteiger partial charge in [0.05, 0.1) is 0 Å². The summed E-state index contributed by atoms with van der Waals surface area (Å²) in [6, 6.07) is 5.58. The maximum Gasteiger partial charge on any atom is 0.226 e. The summed E-state index contributed by atoms with van der Waals surface area (Å²) < 4.78 is 0. The van der Waals surface area contributed by atoms with Gasteiger partial charge in [0.25, 0.3) is 0 Å². The molecule has 6 heteroatoms. The molecule has 3 fully saturated rings. The summed E-state index contributed by atoms with van der Waals surface area (Å²) in [5, 5.41) is 3.87. The van der Waals surface area contributed by atoms with Crippen molar-refractivity contribution in [3.63, 3.8) is 0 Å². The Morgan fingerprint density at radius 3 is 2.78 bits per heavy atom. The summed E-state index contributed by atoms with van der Waals surface area (Å²) in [6.07, 6.45) is 9.24. The maximum absolute atomic E-state index is 12.8. The lowest BCUT2D eigenvalue weighted by molar-refractivity contribution is -0.136. The Labute approximate surface area is 196 Å². The topological polar surface area (TPSA) is 62.3 Å². The minimum atomic E-state index is -0.0154. The minimum absolute atomic E-state index is 0.0154. The fourth-order valence-corrected chi connectivity index (χ4v) is 8.50. The predicted octanol–water partition coefficient (Wildman–Crippen LogP) is 5.58. The summed E-state index contributed by atoms with van der Waals surface area (Å²) in [5.41, 5.74) is 1.24. The first kappa shape index (κ1) is 21.9. The SMILES string of the molecule is CN1C(=O)CC[C@@]2(C)C1=C(Cl)C[C@H]1[C@@H]3CC[C@H](CC(=O)Nc4ccccn4)[C@@]3(C)CC[C@@H]12. The van der Waals surface area contributed by atoms with Gasteiger partial charge in [-0.1, -0.05) is 31.5 Å². The van der Waals surface area contributed by atoms with E-state index < -0.39 is 0 Å². The van der Waals surface area contributed by atoms with Crippen LogP contribution in [0, 0.1) is 34.5 Å². The lowest BCUT2D eigenvalue weighted by Gasteiger charge is -2.59. The number of anilines is 1. The Kier molecular flexibility index (Phi) is 5.39. The zero-order valence-corrected chi connectivity index (χ0v) is 20.1. The molecule has 2 saturated carbocycles. The van der Waals surface area contributed by atoms with Crippen molar-refractivity contribution in [1.82, 2.24) is 9.88 Å². The number of piperidine rings is 1. The van der Waals surface area contributed by atoms with E-state index in [0.717, 1.165) is 42.8 Å². The van der Waals surface area contributed by atoms with Crippen molar-refractivity contribution in [2.24, 2.45) is 34.5 Å². The van der Waals surface area contributed by atoms with E-state index >= 15 is 0 Å². The quantitative estimate of drug-likeness (QED) is 0.646. The first-order valence-electron chi connectivity index (χ1n) is 12.1. The maximum atomic E-state index is 12.8. The zero-order chi connectivity index (χ0) is 22.7. The van der Waals surface area contributed by atoms with Crippen LogP contribution in [0.5, 0.6) is 0 Å². The zero-order valence-electron chi connectivity index (χ0n) is 19.4. The van der Waals surface area contributed by atoms with Crippen molar-refractivity contribution in [3.8, 4) is 0 Å². The van der Waals surface area contributed by atoms with Gasteiger partial charge in [-0.3, -0.25) is 9.59 Å². The number of halogens is 1. The van der Waals surface area contributed by atoms with Gasteiger partial charge in [0, 0.05) is 42.2 Å². The van der Waals surface area contributed by atoms with Gasteiger partial charge in [-0.2, -0.15) is 0 Å². The first-order valence-corrected chi connectivity index (χ1v) is 12.5. The minimum Gasteiger partial charge on any atom is -0.318 e. The van der Waals surface area contributed by atoms with E-state index in [9.17, 15) is 9.59 Å². The molecule has 0 radical (unpaired) electrons. The lowest BCUT2D eigenvalue weighted by Crippen LogP contribution is -2.54. The molecular formula is C26H34ClN3O2. The number of carbonyl (C=O) groups excluding carboxylic acids is 2. The molecule has 2 heterocycles. The van der Waals surface area contributed by atoms with Gasteiger partial charge in [0.15, 0.2) is 0 Å². The van der Waals surface area contributed by atoms with Crippen LogP contribution in [0.2, 0.25) is 0 Å². The molecule has 0 aromatic carbocycles. The molecule has 2 amide bonds. The molecule has 5 rings (SSSR count). The summed E-state index contributed by atoms with van der Waals surface area (Å²) >= 11 is 6.92. The van der Waals surface area contributed by atoms with Crippen LogP contribution >= 0.6 is 11.6 Å². The number of hydrogen-bond acceptors (Lipinski definition) is 3. The molecule has 1 aliphatic heterocycles. The fourth-order valence-electron chi connectivity index (χ4n) is 7.98. The largest absolute Gasteiger partial charge is 0.318 e. The average Bonchev–Trinajstić information content (AvgIpc) is 3.08. The van der Waals surface area contributed by atoms with Gasteiger partial charge in [0.1, 0.15) is 5.82 Å². The summed E-state index contributed by atoms with van der Waals surface area (Å²) in [4.78, 5) is 31.3. The van der Waals surface area contributed by atoms with Crippen LogP contribution in [0.1, 0.15) is 65.2 Å². The van der Waals surface area contributed by atoms with Gasteiger partial charge >= 0.3 is 0 Å². The summed E-state index contributed by atoms with van der Waals surface area (Å²) in [5.74, 6) is 2.97. The smallest absolute Gasteiger partial charge is 0.226 e. The Bertz CT molecular complexity index is 963. The molecule has 0 unspecified atom stereocenters. The number of rotatable bonds is 3. The van der Waals surface area contributed by atoms with Crippen LogP contribution in [-0.4, -0.2) is 28.7 Å². The number of allylic oxidation sites excluding steroid dienone is 2. The molecule has 1 saturated heterocycles. The first-order chi connectivity index (χ1) is 15.2. The molecule has 0 spiro atoms. The van der Waals surface area contributed by atoms with E-state index in [0.29, 0.717) is 42.3 Å². The molecule has 1 aromatic rings. The van der Waals surface area contributed by atoms with Crippen LogP contribution in [0.25, 0.3) is 0 Å². The van der Waals surface area contributed by atoms with Gasteiger partial charge in [-0.25, -0.2) is 4.98 Å². The highest BCUT2D eigenvalue weighted by Gasteiger charge is 2.60. The van der Waals surface area contributed by atoms with Crippen LogP contribution in [0.4, 0.5) is 5.82 Å². The van der Waals surface area contributed by atoms with E-state index in [4.69, 9.17) is 11.6 Å². The predicted molar refractivity (Wildman–Crippen MR) is 126 cm³/mol. The summed E-state index contributed by atoms with van der Waals surface area (Å²) in [6.45, 7) is 4.77. The molecule has 6 atom stereocenters. The molecule has 172 valence electrons. The molecular weight excluding hydrogens is 422 g/mol. The molecule has 4 aliphatic rings. The fraction of sp³-hybridized carbons (Fsp3) is 0.654. The van der Waals surface area contributed by atoms with Gasteiger partial charge in [-0.05, 0) is 79.7 Å². The van der Waals surface area contributed by atoms with Crippen molar-refractivity contribution in [3.05, 3.63) is 35.1 Å². The Morgan fingerprint density at radius 1 is 1.22 bits per heavy atom. The van der Waals surface area contributed by atoms with Crippen molar-refractivity contribution >= 4 is 29.2 Å². The number of carbonyl (C=O) groups is 2. The van der Waals surface area contributed by atoms with E-state index in [1.807, 2.05) is 30.1 Å². The van der Waals surface area contributed by atoms with E-state index in [2.05, 4.69) is 24.1 Å². The number of nitrogens with zero attached hydrogens (tertiary/aromatic N) is 2. The number of fused-ring (bicyclic) bond motifs is 5. The van der Waals surface area contributed by atoms with Crippen LogP contribution in [0.3, 0.4) is 0 Å². The van der Waals surface area contributed by atoms with Crippen LogP contribution in [-0.2, 0) is 9.59 Å². The second-order valence-electron chi connectivity index (χ2n) is 11.0. The molecule has 5 nitrogen and oxygen atoms in total. The molecule has 0 bridgehead atoms. The molecule has 1 aromatic heterocycles. The highest BCUT2D eigenvalue weighted by atomic mass is 35.5. The average molecular weight is 456 g/mol. The highest BCUT2D eigenvalue weighted by molar-refractivity contribution is 6.30. The third-order valence-electron chi connectivity index (χ3n) is 9.60.